The lowest BCUT2D eigenvalue weighted by molar-refractivity contribution is -0.137. The van der Waals surface area contributed by atoms with Crippen molar-refractivity contribution in [3.63, 3.8) is 0 Å². The van der Waals surface area contributed by atoms with Crippen LogP contribution in [-0.2, 0) is 20.7 Å². The van der Waals surface area contributed by atoms with E-state index in [0.717, 1.165) is 27.1 Å². The number of aliphatic carboxylic acids is 1. The molecule has 1 aromatic heterocycles. The number of carbonyl (C=O) groups excluding carboxylic acids is 2. The number of benzene rings is 2. The molecule has 2 aromatic carbocycles. The number of nitrogens with one attached hydrogen (secondary N) is 2. The predicted molar refractivity (Wildman–Crippen MR) is 132 cm³/mol. The fraction of sp³-hybridized carbons (Fsp3) is 0.308. The number of carbonyl (C=O) groups is 3. The maximum absolute atomic E-state index is 12.9. The molecule has 0 fully saturated rings. The largest absolute Gasteiger partial charge is 0.481 e. The number of carboxylic acid groups (broad SMARTS) is 1. The molecule has 2 unspecified atom stereocenters. The van der Waals surface area contributed by atoms with E-state index in [2.05, 4.69) is 27.8 Å². The Morgan fingerprint density at radius 2 is 1.71 bits per heavy atom. The molecule has 0 aliphatic heterocycles. The molecule has 1 aliphatic rings. The van der Waals surface area contributed by atoms with E-state index in [4.69, 9.17) is 9.84 Å². The quantitative estimate of drug-likeness (QED) is 0.394. The van der Waals surface area contributed by atoms with Gasteiger partial charge in [0, 0.05) is 35.9 Å². The van der Waals surface area contributed by atoms with Crippen LogP contribution in [0.2, 0.25) is 0 Å². The number of amides is 2. The minimum atomic E-state index is -0.927. The van der Waals surface area contributed by atoms with E-state index in [1.807, 2.05) is 36.4 Å². The first-order chi connectivity index (χ1) is 16.9. The number of nitrogens with zero attached hydrogens (tertiary/aromatic N) is 1. The lowest BCUT2D eigenvalue weighted by Crippen LogP contribution is -2.50. The summed E-state index contributed by atoms with van der Waals surface area (Å²) in [6, 6.07) is 14.9. The summed E-state index contributed by atoms with van der Waals surface area (Å²) >= 11 is 1.39. The van der Waals surface area contributed by atoms with E-state index in [1.54, 1.807) is 18.6 Å². The van der Waals surface area contributed by atoms with Gasteiger partial charge in [-0.3, -0.25) is 14.6 Å². The van der Waals surface area contributed by atoms with Crippen molar-refractivity contribution in [2.24, 2.45) is 0 Å². The van der Waals surface area contributed by atoms with Crippen LogP contribution in [0, 0.1) is 0 Å². The molecule has 35 heavy (non-hydrogen) atoms. The standard InChI is InChI=1S/C26H27N3O5S/c1-16(10-11-24(30)31)28-25(32)23(12-17-13-27-15-35-17)29-26(33)34-14-22-20-8-4-2-6-18(20)19-7-3-5-9-21(19)22/h2-9,13,15-16,22-23H,10-12,14H2,1H3,(H,28,32)(H,29,33)(H,30,31). The van der Waals surface area contributed by atoms with Crippen molar-refractivity contribution in [1.29, 1.82) is 0 Å². The van der Waals surface area contributed by atoms with Crippen LogP contribution in [0.1, 0.15) is 41.7 Å². The van der Waals surface area contributed by atoms with Crippen LogP contribution >= 0.6 is 11.3 Å². The average Bonchev–Trinajstić information content (AvgIpc) is 3.47. The monoisotopic (exact) mass is 493 g/mol. The van der Waals surface area contributed by atoms with Gasteiger partial charge in [-0.1, -0.05) is 48.5 Å². The van der Waals surface area contributed by atoms with Crippen LogP contribution in [0.15, 0.2) is 60.2 Å². The van der Waals surface area contributed by atoms with E-state index in [1.165, 1.54) is 11.3 Å². The molecule has 1 heterocycles. The van der Waals surface area contributed by atoms with Gasteiger partial charge >= 0.3 is 12.1 Å². The first-order valence-electron chi connectivity index (χ1n) is 11.4. The van der Waals surface area contributed by atoms with Crippen molar-refractivity contribution in [1.82, 2.24) is 15.6 Å². The molecule has 182 valence electrons. The lowest BCUT2D eigenvalue weighted by atomic mass is 9.98. The second-order valence-electron chi connectivity index (χ2n) is 8.54. The molecule has 8 nitrogen and oxygen atoms in total. The summed E-state index contributed by atoms with van der Waals surface area (Å²) in [6.07, 6.45) is 1.46. The van der Waals surface area contributed by atoms with E-state index in [0.29, 0.717) is 6.42 Å². The Labute approximate surface area is 207 Å². The van der Waals surface area contributed by atoms with Gasteiger partial charge in [0.1, 0.15) is 12.6 Å². The summed E-state index contributed by atoms with van der Waals surface area (Å²) in [4.78, 5) is 41.4. The molecular formula is C26H27N3O5S. The Balaban J connectivity index is 1.41. The Morgan fingerprint density at radius 1 is 1.06 bits per heavy atom. The predicted octanol–water partition coefficient (Wildman–Crippen LogP) is 3.96. The molecule has 0 saturated carbocycles. The first kappa shape index (κ1) is 24.4. The Bertz CT molecular complexity index is 1150. The van der Waals surface area contributed by atoms with Crippen molar-refractivity contribution in [2.45, 2.75) is 44.2 Å². The summed E-state index contributed by atoms with van der Waals surface area (Å²) in [5.41, 5.74) is 6.14. The molecule has 3 aromatic rings. The molecule has 0 spiro atoms. The van der Waals surface area contributed by atoms with Crippen LogP contribution in [0.25, 0.3) is 11.1 Å². The molecule has 2 amide bonds. The molecule has 0 saturated heterocycles. The zero-order valence-electron chi connectivity index (χ0n) is 19.3. The highest BCUT2D eigenvalue weighted by atomic mass is 32.1. The number of carboxylic acids is 1. The molecular weight excluding hydrogens is 466 g/mol. The molecule has 3 N–H and O–H groups in total. The second kappa shape index (κ2) is 11.1. The topological polar surface area (TPSA) is 118 Å². The number of alkyl carbamates (subject to hydrolysis) is 1. The molecule has 2 atom stereocenters. The zero-order valence-corrected chi connectivity index (χ0v) is 20.1. The number of rotatable bonds is 10. The Kier molecular flexibility index (Phi) is 7.77. The van der Waals surface area contributed by atoms with Crippen LogP contribution in [0.3, 0.4) is 0 Å². The lowest BCUT2D eigenvalue weighted by Gasteiger charge is -2.21. The number of hydrogen-bond donors (Lipinski definition) is 3. The van der Waals surface area contributed by atoms with Gasteiger partial charge in [0.15, 0.2) is 0 Å². The third-order valence-electron chi connectivity index (χ3n) is 6.02. The van der Waals surface area contributed by atoms with Gasteiger partial charge in [-0.15, -0.1) is 11.3 Å². The molecule has 0 bridgehead atoms. The van der Waals surface area contributed by atoms with Gasteiger partial charge in [-0.25, -0.2) is 4.79 Å². The number of ether oxygens (including phenoxy) is 1. The van der Waals surface area contributed by atoms with Gasteiger partial charge in [-0.2, -0.15) is 0 Å². The third kappa shape index (κ3) is 6.05. The van der Waals surface area contributed by atoms with E-state index < -0.39 is 24.0 Å². The number of fused-ring (bicyclic) bond motifs is 3. The van der Waals surface area contributed by atoms with E-state index in [9.17, 15) is 14.4 Å². The van der Waals surface area contributed by atoms with Crippen LogP contribution in [0.5, 0.6) is 0 Å². The van der Waals surface area contributed by atoms with Crippen LogP contribution in [0.4, 0.5) is 4.79 Å². The van der Waals surface area contributed by atoms with Gasteiger partial charge in [0.25, 0.3) is 0 Å². The number of thiazole rings is 1. The molecule has 9 heteroatoms. The molecule has 1 aliphatic carbocycles. The fourth-order valence-corrected chi connectivity index (χ4v) is 4.93. The maximum atomic E-state index is 12.9. The molecule has 0 radical (unpaired) electrons. The van der Waals surface area contributed by atoms with Crippen molar-refractivity contribution >= 4 is 29.3 Å². The third-order valence-corrected chi connectivity index (χ3v) is 6.82. The maximum Gasteiger partial charge on any atom is 0.407 e. The molecule has 4 rings (SSSR count). The van der Waals surface area contributed by atoms with Crippen LogP contribution in [-0.4, -0.2) is 46.8 Å². The first-order valence-corrected chi connectivity index (χ1v) is 12.3. The zero-order chi connectivity index (χ0) is 24.8. The van der Waals surface area contributed by atoms with E-state index in [-0.39, 0.29) is 31.4 Å². The van der Waals surface area contributed by atoms with Gasteiger partial charge in [0.05, 0.1) is 5.51 Å². The highest BCUT2D eigenvalue weighted by molar-refractivity contribution is 7.09. The second-order valence-corrected chi connectivity index (χ2v) is 9.51. The van der Waals surface area contributed by atoms with Gasteiger partial charge in [0.2, 0.25) is 5.91 Å². The minimum absolute atomic E-state index is 0.0548. The Morgan fingerprint density at radius 3 is 2.31 bits per heavy atom. The highest BCUT2D eigenvalue weighted by Crippen LogP contribution is 2.44. The van der Waals surface area contributed by atoms with Crippen molar-refractivity contribution in [3.05, 3.63) is 76.2 Å². The summed E-state index contributed by atoms with van der Waals surface area (Å²) in [5, 5.41) is 14.4. The minimum Gasteiger partial charge on any atom is -0.481 e. The SMILES string of the molecule is CC(CCC(=O)O)NC(=O)C(Cc1cncs1)NC(=O)OCC1c2ccccc2-c2ccccc21. The van der Waals surface area contributed by atoms with E-state index >= 15 is 0 Å². The summed E-state index contributed by atoms with van der Waals surface area (Å²) in [6.45, 7) is 1.88. The van der Waals surface area contributed by atoms with Gasteiger partial charge < -0.3 is 20.5 Å². The summed E-state index contributed by atoms with van der Waals surface area (Å²) in [5.74, 6) is -1.41. The normalized spacial score (nSPS) is 13.9. The summed E-state index contributed by atoms with van der Waals surface area (Å²) < 4.78 is 5.60. The summed E-state index contributed by atoms with van der Waals surface area (Å²) in [7, 11) is 0. The smallest absolute Gasteiger partial charge is 0.407 e. The number of hydrogen-bond acceptors (Lipinski definition) is 6. The van der Waals surface area contributed by atoms with Crippen molar-refractivity contribution < 1.29 is 24.2 Å². The highest BCUT2D eigenvalue weighted by Gasteiger charge is 2.30. The van der Waals surface area contributed by atoms with Crippen molar-refractivity contribution in [2.75, 3.05) is 6.61 Å². The van der Waals surface area contributed by atoms with Gasteiger partial charge in [-0.05, 0) is 35.6 Å². The van der Waals surface area contributed by atoms with Crippen molar-refractivity contribution in [3.8, 4) is 11.1 Å². The number of aromatic nitrogens is 1. The Hall–Kier alpha value is -3.72. The fourth-order valence-electron chi connectivity index (χ4n) is 4.29. The van der Waals surface area contributed by atoms with Crippen LogP contribution < -0.4 is 10.6 Å². The average molecular weight is 494 g/mol.